The predicted molar refractivity (Wildman–Crippen MR) is 173 cm³/mol. The smallest absolute Gasteiger partial charge is 0.351 e. The van der Waals surface area contributed by atoms with E-state index in [-0.39, 0.29) is 12.1 Å². The van der Waals surface area contributed by atoms with Gasteiger partial charge in [0.05, 0.1) is 12.1 Å². The summed E-state index contributed by atoms with van der Waals surface area (Å²) in [7, 11) is 0. The maximum Gasteiger partial charge on any atom is 0.351 e. The number of rotatable bonds is 10. The fraction of sp³-hybridized carbons (Fsp3) is 0.257. The van der Waals surface area contributed by atoms with Gasteiger partial charge in [0, 0.05) is 29.3 Å². The van der Waals surface area contributed by atoms with E-state index in [0.717, 1.165) is 71.5 Å². The molecule has 4 nitrogen and oxygen atoms in total. The van der Waals surface area contributed by atoms with Gasteiger partial charge in [-0.25, -0.2) is 4.42 Å². The maximum atomic E-state index is 5.97. The van der Waals surface area contributed by atoms with Crippen LogP contribution in [0.4, 0.5) is 11.4 Å². The molecule has 0 bridgehead atoms. The Hall–Kier alpha value is -3.96. The highest BCUT2D eigenvalue weighted by Gasteiger charge is 2.28. The van der Waals surface area contributed by atoms with E-state index in [1.807, 2.05) is 24.3 Å². The van der Waals surface area contributed by atoms with E-state index in [1.54, 1.807) is 6.26 Å². The molecule has 0 unspecified atom stereocenters. The van der Waals surface area contributed by atoms with Gasteiger partial charge in [0.15, 0.2) is 5.11 Å². The van der Waals surface area contributed by atoms with Gasteiger partial charge in [0.2, 0.25) is 0 Å². The zero-order valence-electron chi connectivity index (χ0n) is 22.9. The minimum absolute atomic E-state index is 0.207. The summed E-state index contributed by atoms with van der Waals surface area (Å²) in [5.74, 6) is 0.999. The minimum Gasteiger partial charge on any atom is -0.373 e. The summed E-state index contributed by atoms with van der Waals surface area (Å²) < 4.78 is 5.90. The highest BCUT2D eigenvalue weighted by atomic mass is 32.1. The van der Waals surface area contributed by atoms with Crippen LogP contribution in [-0.2, 0) is 6.42 Å². The number of aryl methyl sites for hydroxylation is 1. The second-order valence-corrected chi connectivity index (χ2v) is 10.7. The van der Waals surface area contributed by atoms with E-state index in [9.17, 15) is 0 Å². The van der Waals surface area contributed by atoms with Gasteiger partial charge in [-0.1, -0.05) is 97.8 Å². The van der Waals surface area contributed by atoms with Gasteiger partial charge in [-0.15, -0.1) is 6.58 Å². The molecule has 0 saturated heterocycles. The Morgan fingerprint density at radius 2 is 1.48 bits per heavy atom. The van der Waals surface area contributed by atoms with Crippen LogP contribution in [0.1, 0.15) is 44.3 Å². The van der Waals surface area contributed by atoms with Crippen LogP contribution in [0.25, 0.3) is 22.3 Å². The second-order valence-electron chi connectivity index (χ2n) is 10.3. The Labute approximate surface area is 243 Å². The van der Waals surface area contributed by atoms with Gasteiger partial charge < -0.3 is 16.0 Å². The Balaban J connectivity index is 1.36. The first-order chi connectivity index (χ1) is 19.7. The van der Waals surface area contributed by atoms with E-state index in [0.29, 0.717) is 5.11 Å². The third kappa shape index (κ3) is 6.97. The van der Waals surface area contributed by atoms with Crippen LogP contribution in [0, 0.1) is 0 Å². The lowest BCUT2D eigenvalue weighted by Gasteiger charge is -2.34. The number of hydrogen-bond donors (Lipinski definition) is 3. The summed E-state index contributed by atoms with van der Waals surface area (Å²) in [6.45, 7) is 3.85. The molecule has 1 aliphatic rings. The summed E-state index contributed by atoms with van der Waals surface area (Å²) in [6, 6.07) is 31.9. The normalized spacial score (nSPS) is 16.6. The lowest BCUT2D eigenvalue weighted by atomic mass is 9.90. The number of unbranched alkanes of at least 4 members (excludes halogenated alkanes) is 1. The molecule has 0 radical (unpaired) electrons. The van der Waals surface area contributed by atoms with E-state index >= 15 is 0 Å². The molecule has 3 aromatic carbocycles. The molecule has 204 valence electrons. The number of anilines is 2. The van der Waals surface area contributed by atoms with E-state index in [4.69, 9.17) is 16.6 Å². The van der Waals surface area contributed by atoms with Gasteiger partial charge >= 0.3 is 12.0 Å². The zero-order valence-corrected chi connectivity index (χ0v) is 23.8. The number of hydrogen-bond acceptors (Lipinski definition) is 2. The molecule has 0 amide bonds. The molecule has 0 spiro atoms. The monoisotopic (exact) mass is 548 g/mol. The van der Waals surface area contributed by atoms with E-state index in [1.165, 1.54) is 12.8 Å². The molecule has 1 fully saturated rings. The third-order valence-electron chi connectivity index (χ3n) is 7.56. The average Bonchev–Trinajstić information content (AvgIpc) is 3.00. The fourth-order valence-electron chi connectivity index (χ4n) is 5.54. The van der Waals surface area contributed by atoms with Crippen molar-refractivity contribution in [3.05, 3.63) is 116 Å². The summed E-state index contributed by atoms with van der Waals surface area (Å²) in [6.07, 6.45) is 11.1. The molecule has 1 aliphatic carbocycles. The van der Waals surface area contributed by atoms with Crippen LogP contribution >= 0.6 is 12.2 Å². The fourth-order valence-corrected chi connectivity index (χ4v) is 5.79. The Morgan fingerprint density at radius 3 is 2.12 bits per heavy atom. The molecule has 5 heteroatoms. The molecule has 40 heavy (non-hydrogen) atoms. The van der Waals surface area contributed by atoms with E-state index in [2.05, 4.69) is 95.3 Å². The number of benzene rings is 3. The molecule has 0 aliphatic heterocycles. The van der Waals surface area contributed by atoms with Crippen molar-refractivity contribution in [2.45, 2.75) is 57.0 Å². The number of para-hydroxylation sites is 1. The van der Waals surface area contributed by atoms with Crippen LogP contribution in [0.3, 0.4) is 0 Å². The molecule has 1 aromatic heterocycles. The maximum absolute atomic E-state index is 5.97. The quantitative estimate of drug-likeness (QED) is 0.0798. The summed E-state index contributed by atoms with van der Waals surface area (Å²) in [5.41, 5.74) is 6.65. The minimum atomic E-state index is 0.207. The first-order valence-electron chi connectivity index (χ1n) is 14.3. The largest absolute Gasteiger partial charge is 0.373 e. The molecular weight excluding hydrogens is 510 g/mol. The lowest BCUT2D eigenvalue weighted by Crippen LogP contribution is -2.49. The Kier molecular flexibility index (Phi) is 9.59. The molecule has 2 atom stereocenters. The Morgan fingerprint density at radius 1 is 0.825 bits per heavy atom. The van der Waals surface area contributed by atoms with Gasteiger partial charge in [-0.05, 0) is 55.1 Å². The lowest BCUT2D eigenvalue weighted by molar-refractivity contribution is 0.378. The molecule has 1 saturated carbocycles. The van der Waals surface area contributed by atoms with Crippen LogP contribution in [-0.4, -0.2) is 17.2 Å². The Bertz CT molecular complexity index is 1350. The van der Waals surface area contributed by atoms with Crippen molar-refractivity contribution >= 4 is 28.7 Å². The van der Waals surface area contributed by atoms with E-state index < -0.39 is 0 Å². The van der Waals surface area contributed by atoms with Crippen molar-refractivity contribution in [3.8, 4) is 22.3 Å². The van der Waals surface area contributed by atoms with Crippen LogP contribution in [0.2, 0.25) is 0 Å². The van der Waals surface area contributed by atoms with Gasteiger partial charge in [0.1, 0.15) is 5.69 Å². The van der Waals surface area contributed by atoms with Crippen molar-refractivity contribution in [1.29, 1.82) is 0 Å². The van der Waals surface area contributed by atoms with Crippen molar-refractivity contribution in [2.24, 2.45) is 0 Å². The molecule has 5 rings (SSSR count). The van der Waals surface area contributed by atoms with Crippen LogP contribution < -0.4 is 16.0 Å². The van der Waals surface area contributed by atoms with Crippen molar-refractivity contribution < 1.29 is 4.42 Å². The number of allylic oxidation sites excluding steroid dienone is 1. The molecule has 1 heterocycles. The SMILES string of the molecule is C=CCCCc1[o+]cccc1N[C@@H]1CCCC[C@H]1NC(=S)Nc1c(-c2ccccc2)cccc1-c1ccccc1. The summed E-state index contributed by atoms with van der Waals surface area (Å²) in [4.78, 5) is 0. The van der Waals surface area contributed by atoms with Crippen molar-refractivity contribution in [2.75, 3.05) is 10.6 Å². The topological polar surface area (TPSA) is 47.4 Å². The highest BCUT2D eigenvalue weighted by molar-refractivity contribution is 7.80. The zero-order chi connectivity index (χ0) is 27.6. The average molecular weight is 549 g/mol. The van der Waals surface area contributed by atoms with Gasteiger partial charge in [-0.3, -0.25) is 0 Å². The van der Waals surface area contributed by atoms with Crippen LogP contribution in [0.5, 0.6) is 0 Å². The second kappa shape index (κ2) is 13.9. The standard InChI is InChI=1S/C35H37N3OS/c1-2-3-6-24-33-32(23-14-25-39-33)36-30-21-11-12-22-31(30)37-35(40)38-34-28(26-15-7-4-8-16-26)19-13-20-29(34)27-17-9-5-10-18-27/h2,4-5,7-10,13-20,23,25,30-31,36H,1,3,6,11-12,21-22,24H2,(H-,37,38,40)/p+1/t30-,31-/m1/s1. The summed E-state index contributed by atoms with van der Waals surface area (Å²) >= 11 is 5.97. The summed E-state index contributed by atoms with van der Waals surface area (Å²) in [5, 5.41) is 11.7. The molecule has 4 aromatic rings. The first-order valence-corrected chi connectivity index (χ1v) is 14.7. The predicted octanol–water partition coefficient (Wildman–Crippen LogP) is 9.11. The highest BCUT2D eigenvalue weighted by Crippen LogP contribution is 2.37. The van der Waals surface area contributed by atoms with Gasteiger partial charge in [-0.2, -0.15) is 0 Å². The molecular formula is C35H38N3OS+. The third-order valence-corrected chi connectivity index (χ3v) is 7.78. The number of thiocarbonyl (C=S) groups is 1. The van der Waals surface area contributed by atoms with Crippen molar-refractivity contribution in [1.82, 2.24) is 5.32 Å². The first kappa shape index (κ1) is 27.6. The van der Waals surface area contributed by atoms with Gasteiger partial charge in [0.25, 0.3) is 0 Å². The molecule has 3 N–H and O–H groups in total. The number of nitrogens with one attached hydrogen (secondary N) is 3. The van der Waals surface area contributed by atoms with Crippen LogP contribution in [0.15, 0.2) is 114 Å². The van der Waals surface area contributed by atoms with Crippen molar-refractivity contribution in [3.63, 3.8) is 0 Å².